The largest absolute Gasteiger partial charge is 0.409 e. The molecule has 0 saturated carbocycles. The summed E-state index contributed by atoms with van der Waals surface area (Å²) in [5, 5.41) is 0.530. The third kappa shape index (κ3) is 4.33. The van der Waals surface area contributed by atoms with E-state index < -0.39 is 6.18 Å². The molecule has 0 atom stereocenters. The Labute approximate surface area is 85.0 Å². The maximum absolute atomic E-state index is 11.7. The molecule has 76 valence electrons. The minimum atomic E-state index is -4.24. The van der Waals surface area contributed by atoms with E-state index in [0.29, 0.717) is 5.02 Å². The fraction of sp³-hybridized carbons (Fsp3) is 0.200. The number of alkyl halides is 3. The Balaban J connectivity index is 2.58. The summed E-state index contributed by atoms with van der Waals surface area (Å²) in [6.45, 7) is 0. The Morgan fingerprint density at radius 3 is 2.57 bits per heavy atom. The highest BCUT2D eigenvalue weighted by Gasteiger charge is 2.21. The molecule has 0 spiro atoms. The standard InChI is InChI=1S/C10H8ClF3/c11-9-5-1-3-8(7-9)4-2-6-10(12,13)14/h1-3,5-7H,4H2/b6-2+. The van der Waals surface area contributed by atoms with Crippen LogP contribution in [0.1, 0.15) is 5.56 Å². The second-order valence-electron chi connectivity index (χ2n) is 2.78. The summed E-state index contributed by atoms with van der Waals surface area (Å²) in [6.07, 6.45) is -2.70. The number of rotatable bonds is 2. The van der Waals surface area contributed by atoms with E-state index >= 15 is 0 Å². The molecule has 0 amide bonds. The molecule has 1 aromatic carbocycles. The summed E-state index contributed by atoms with van der Waals surface area (Å²) in [5.41, 5.74) is 0.762. The molecular formula is C10H8ClF3. The van der Waals surface area contributed by atoms with Gasteiger partial charge < -0.3 is 0 Å². The van der Waals surface area contributed by atoms with Gasteiger partial charge in [0.2, 0.25) is 0 Å². The monoisotopic (exact) mass is 220 g/mol. The van der Waals surface area contributed by atoms with Crippen molar-refractivity contribution >= 4 is 11.6 Å². The van der Waals surface area contributed by atoms with Crippen LogP contribution in [0.4, 0.5) is 13.2 Å². The van der Waals surface area contributed by atoms with Crippen LogP contribution in [0.25, 0.3) is 0 Å². The lowest BCUT2D eigenvalue weighted by Gasteiger charge is -1.99. The molecule has 0 fully saturated rings. The van der Waals surface area contributed by atoms with Crippen LogP contribution < -0.4 is 0 Å². The molecule has 0 unspecified atom stereocenters. The number of halogens is 4. The van der Waals surface area contributed by atoms with Gasteiger partial charge >= 0.3 is 6.18 Å². The van der Waals surface area contributed by atoms with Crippen LogP contribution in [0.2, 0.25) is 5.02 Å². The number of hydrogen-bond acceptors (Lipinski definition) is 0. The molecule has 14 heavy (non-hydrogen) atoms. The molecule has 0 N–H and O–H groups in total. The first-order valence-electron chi connectivity index (χ1n) is 3.96. The summed E-state index contributed by atoms with van der Waals surface area (Å²) in [4.78, 5) is 0. The molecule has 0 bridgehead atoms. The van der Waals surface area contributed by atoms with Crippen molar-refractivity contribution in [2.75, 3.05) is 0 Å². The minimum absolute atomic E-state index is 0.230. The first-order chi connectivity index (χ1) is 6.47. The van der Waals surface area contributed by atoms with Crippen LogP contribution in [0, 0.1) is 0 Å². The zero-order valence-corrected chi connectivity index (χ0v) is 7.94. The van der Waals surface area contributed by atoms with Gasteiger partial charge in [0.15, 0.2) is 0 Å². The van der Waals surface area contributed by atoms with Crippen molar-refractivity contribution in [3.63, 3.8) is 0 Å². The maximum Gasteiger partial charge on any atom is 0.409 e. The van der Waals surface area contributed by atoms with Crippen molar-refractivity contribution in [3.05, 3.63) is 47.0 Å². The van der Waals surface area contributed by atoms with Crippen molar-refractivity contribution < 1.29 is 13.2 Å². The minimum Gasteiger partial charge on any atom is -0.167 e. The second kappa shape index (κ2) is 4.51. The fourth-order valence-electron chi connectivity index (χ4n) is 0.993. The van der Waals surface area contributed by atoms with Gasteiger partial charge in [-0.2, -0.15) is 13.2 Å². The van der Waals surface area contributed by atoms with Crippen LogP contribution in [-0.2, 0) is 6.42 Å². The van der Waals surface area contributed by atoms with Crippen LogP contribution in [0.3, 0.4) is 0 Å². The van der Waals surface area contributed by atoms with E-state index in [1.807, 2.05) is 0 Å². The molecule has 0 radical (unpaired) electrons. The lowest BCUT2D eigenvalue weighted by Crippen LogP contribution is -2.00. The summed E-state index contributed by atoms with van der Waals surface area (Å²) in [7, 11) is 0. The number of benzene rings is 1. The van der Waals surface area contributed by atoms with Crippen molar-refractivity contribution in [1.29, 1.82) is 0 Å². The predicted molar refractivity (Wildman–Crippen MR) is 50.4 cm³/mol. The Bertz CT molecular complexity index is 328. The molecule has 4 heteroatoms. The van der Waals surface area contributed by atoms with E-state index in [1.54, 1.807) is 24.3 Å². The van der Waals surface area contributed by atoms with Crippen molar-refractivity contribution in [3.8, 4) is 0 Å². The quantitative estimate of drug-likeness (QED) is 0.661. The van der Waals surface area contributed by atoms with Crippen LogP contribution in [0.5, 0.6) is 0 Å². The fourth-order valence-corrected chi connectivity index (χ4v) is 1.21. The molecule has 0 nitrogen and oxygen atoms in total. The van der Waals surface area contributed by atoms with Gasteiger partial charge in [0, 0.05) is 11.1 Å². The van der Waals surface area contributed by atoms with Crippen LogP contribution in [0.15, 0.2) is 36.4 Å². The smallest absolute Gasteiger partial charge is 0.167 e. The van der Waals surface area contributed by atoms with Crippen molar-refractivity contribution in [1.82, 2.24) is 0 Å². The first-order valence-corrected chi connectivity index (χ1v) is 4.34. The summed E-state index contributed by atoms with van der Waals surface area (Å²) in [6, 6.07) is 6.76. The third-order valence-electron chi connectivity index (χ3n) is 1.55. The zero-order chi connectivity index (χ0) is 10.6. The van der Waals surface area contributed by atoms with Crippen LogP contribution in [-0.4, -0.2) is 6.18 Å². The van der Waals surface area contributed by atoms with Gasteiger partial charge in [-0.25, -0.2) is 0 Å². The van der Waals surface area contributed by atoms with E-state index in [2.05, 4.69) is 0 Å². The molecule has 0 aliphatic rings. The molecule has 0 aliphatic heterocycles. The van der Waals surface area contributed by atoms with Gasteiger partial charge in [-0.15, -0.1) is 0 Å². The number of hydrogen-bond donors (Lipinski definition) is 0. The molecule has 1 aromatic rings. The Morgan fingerprint density at radius 2 is 2.00 bits per heavy atom. The maximum atomic E-state index is 11.7. The average Bonchev–Trinajstić information content (AvgIpc) is 2.01. The highest BCUT2D eigenvalue weighted by molar-refractivity contribution is 6.30. The normalized spacial score (nSPS) is 12.3. The molecule has 0 aromatic heterocycles. The predicted octanol–water partition coefficient (Wildman–Crippen LogP) is 4.00. The SMILES string of the molecule is FC(F)(F)/C=C/Cc1cccc(Cl)c1. The summed E-state index contributed by atoms with van der Waals surface area (Å²) < 4.78 is 35.2. The molecule has 0 heterocycles. The first kappa shape index (κ1) is 11.1. The summed E-state index contributed by atoms with van der Waals surface area (Å²) in [5.74, 6) is 0. The Morgan fingerprint density at radius 1 is 1.29 bits per heavy atom. The van der Waals surface area contributed by atoms with Crippen molar-refractivity contribution in [2.24, 2.45) is 0 Å². The van der Waals surface area contributed by atoms with E-state index in [-0.39, 0.29) is 12.5 Å². The van der Waals surface area contributed by atoms with E-state index in [1.165, 1.54) is 0 Å². The van der Waals surface area contributed by atoms with E-state index in [0.717, 1.165) is 11.6 Å². The molecule has 0 aliphatic carbocycles. The highest BCUT2D eigenvalue weighted by atomic mass is 35.5. The van der Waals surface area contributed by atoms with Gasteiger partial charge in [0.05, 0.1) is 0 Å². The molecule has 0 saturated heterocycles. The van der Waals surface area contributed by atoms with Crippen LogP contribution >= 0.6 is 11.6 Å². The summed E-state index contributed by atoms with van der Waals surface area (Å²) >= 11 is 5.67. The zero-order valence-electron chi connectivity index (χ0n) is 7.18. The number of allylic oxidation sites excluding steroid dienone is 2. The Kier molecular flexibility index (Phi) is 3.58. The third-order valence-corrected chi connectivity index (χ3v) is 1.78. The second-order valence-corrected chi connectivity index (χ2v) is 3.21. The molecular weight excluding hydrogens is 213 g/mol. The topological polar surface area (TPSA) is 0 Å². The van der Waals surface area contributed by atoms with Gasteiger partial charge in [0.1, 0.15) is 0 Å². The van der Waals surface area contributed by atoms with E-state index in [9.17, 15) is 13.2 Å². The van der Waals surface area contributed by atoms with Gasteiger partial charge in [0.25, 0.3) is 0 Å². The lowest BCUT2D eigenvalue weighted by atomic mass is 10.1. The van der Waals surface area contributed by atoms with Gasteiger partial charge in [-0.3, -0.25) is 0 Å². The Hall–Kier alpha value is -0.960. The molecule has 1 rings (SSSR count). The van der Waals surface area contributed by atoms with Crippen molar-refractivity contribution in [2.45, 2.75) is 12.6 Å². The van der Waals surface area contributed by atoms with Gasteiger partial charge in [-0.05, 0) is 24.1 Å². The van der Waals surface area contributed by atoms with Gasteiger partial charge in [-0.1, -0.05) is 29.8 Å². The average molecular weight is 221 g/mol. The van der Waals surface area contributed by atoms with E-state index in [4.69, 9.17) is 11.6 Å². The highest BCUT2D eigenvalue weighted by Crippen LogP contribution is 2.17. The lowest BCUT2D eigenvalue weighted by molar-refractivity contribution is -0.0800.